The highest BCUT2D eigenvalue weighted by Gasteiger charge is 2.59. The summed E-state index contributed by atoms with van der Waals surface area (Å²) < 4.78 is 0. The minimum Gasteiger partial charge on any atom is -0.350 e. The molecule has 0 spiro atoms. The van der Waals surface area contributed by atoms with Gasteiger partial charge in [-0.3, -0.25) is 19.3 Å². The fraction of sp³-hybridized carbons (Fsp3) is 0.500. The summed E-state index contributed by atoms with van der Waals surface area (Å²) in [5.74, 6) is -0.798. The molecule has 0 radical (unpaired) electrons. The number of allylic oxidation sites excluding steroid dienone is 2. The molecule has 6 nitrogen and oxygen atoms in total. The van der Waals surface area contributed by atoms with Crippen molar-refractivity contribution >= 4 is 29.1 Å². The van der Waals surface area contributed by atoms with Crippen molar-refractivity contribution in [3.8, 4) is 0 Å². The molecule has 1 aromatic rings. The quantitative estimate of drug-likeness (QED) is 0.656. The molecule has 2 fully saturated rings. The van der Waals surface area contributed by atoms with E-state index in [0.717, 1.165) is 21.9 Å². The maximum absolute atomic E-state index is 12.5. The zero-order chi connectivity index (χ0) is 16.1. The van der Waals surface area contributed by atoms with Gasteiger partial charge in [-0.2, -0.15) is 0 Å². The lowest BCUT2D eigenvalue weighted by Crippen LogP contribution is -2.41. The minimum absolute atomic E-state index is 0.175. The number of likely N-dealkylation sites (tertiary alicyclic amines) is 1. The highest BCUT2D eigenvalue weighted by molar-refractivity contribution is 7.09. The highest BCUT2D eigenvalue weighted by Crippen LogP contribution is 2.52. The van der Waals surface area contributed by atoms with E-state index in [1.807, 2.05) is 19.1 Å². The summed E-state index contributed by atoms with van der Waals surface area (Å²) in [6, 6.07) is 0. The first-order chi connectivity index (χ1) is 11.1. The van der Waals surface area contributed by atoms with E-state index in [4.69, 9.17) is 0 Å². The summed E-state index contributed by atoms with van der Waals surface area (Å²) in [7, 11) is 0. The molecule has 3 amide bonds. The smallest absolute Gasteiger partial charge is 0.240 e. The summed E-state index contributed by atoms with van der Waals surface area (Å²) in [6.45, 7) is 2.09. The zero-order valence-corrected chi connectivity index (χ0v) is 13.5. The van der Waals surface area contributed by atoms with E-state index in [0.29, 0.717) is 6.54 Å². The van der Waals surface area contributed by atoms with Crippen LogP contribution in [0.3, 0.4) is 0 Å². The van der Waals surface area contributed by atoms with E-state index in [9.17, 15) is 14.4 Å². The molecule has 3 aliphatic rings. The van der Waals surface area contributed by atoms with Crippen LogP contribution in [-0.2, 0) is 20.9 Å². The number of rotatable bonds is 4. The Balaban J connectivity index is 1.40. The van der Waals surface area contributed by atoms with Crippen LogP contribution in [0.4, 0.5) is 0 Å². The Morgan fingerprint density at radius 2 is 1.96 bits per heavy atom. The molecule has 0 unspecified atom stereocenters. The third kappa shape index (κ3) is 2.22. The molecule has 0 aromatic carbocycles. The van der Waals surface area contributed by atoms with Crippen molar-refractivity contribution in [3.05, 3.63) is 28.2 Å². The number of hydrogen-bond donors (Lipinski definition) is 1. The molecule has 120 valence electrons. The van der Waals surface area contributed by atoms with E-state index in [2.05, 4.69) is 10.3 Å². The maximum atomic E-state index is 12.5. The number of nitrogens with zero attached hydrogens (tertiary/aromatic N) is 2. The summed E-state index contributed by atoms with van der Waals surface area (Å²) in [5, 5.41) is 2.77. The molecule has 4 atom stereocenters. The molecule has 1 aromatic heterocycles. The Kier molecular flexibility index (Phi) is 3.33. The molecular formula is C16H17N3O3S. The fourth-order valence-corrected chi connectivity index (χ4v) is 4.71. The average molecular weight is 331 g/mol. The SMILES string of the molecule is Cc1ncsc1CNC(=O)CN1C(=O)[C@@H]2[C@H](C1=O)[C@H]1C=C[C@H]2C1. The van der Waals surface area contributed by atoms with Crippen molar-refractivity contribution in [2.75, 3.05) is 6.54 Å². The third-order valence-corrected chi connectivity index (χ3v) is 6.09. The highest BCUT2D eigenvalue weighted by atomic mass is 32.1. The van der Waals surface area contributed by atoms with Crippen molar-refractivity contribution in [3.63, 3.8) is 0 Å². The van der Waals surface area contributed by atoms with Crippen LogP contribution in [0.25, 0.3) is 0 Å². The maximum Gasteiger partial charge on any atom is 0.240 e. The van der Waals surface area contributed by atoms with E-state index in [1.54, 1.807) is 5.51 Å². The van der Waals surface area contributed by atoms with Gasteiger partial charge in [0.1, 0.15) is 6.54 Å². The number of thiazole rings is 1. The second-order valence-electron chi connectivity index (χ2n) is 6.40. The molecule has 7 heteroatoms. The van der Waals surface area contributed by atoms with E-state index < -0.39 is 0 Å². The number of carbonyl (C=O) groups is 3. The van der Waals surface area contributed by atoms with Crippen LogP contribution in [-0.4, -0.2) is 34.2 Å². The standard InChI is InChI=1S/C16H17N3O3S/c1-8-11(23-7-18-8)5-17-12(20)6-19-15(21)13-9-2-3-10(4-9)14(13)16(19)22/h2-3,7,9-10,13-14H,4-6H2,1H3,(H,17,20)/t9-,10-,13-,14+/m0/s1. The lowest BCUT2D eigenvalue weighted by Gasteiger charge is -2.16. The second kappa shape index (κ2) is 5.26. The summed E-state index contributed by atoms with van der Waals surface area (Å²) in [6.07, 6.45) is 5.00. The van der Waals surface area contributed by atoms with Crippen molar-refractivity contribution in [2.45, 2.75) is 19.9 Å². The topological polar surface area (TPSA) is 79.4 Å². The molecular weight excluding hydrogens is 314 g/mol. The first kappa shape index (κ1) is 14.6. The zero-order valence-electron chi connectivity index (χ0n) is 12.7. The van der Waals surface area contributed by atoms with Gasteiger partial charge in [-0.05, 0) is 25.2 Å². The normalized spacial score (nSPS) is 31.1. The Morgan fingerprint density at radius 1 is 1.30 bits per heavy atom. The van der Waals surface area contributed by atoms with Gasteiger partial charge in [0.05, 0.1) is 29.6 Å². The first-order valence-electron chi connectivity index (χ1n) is 7.75. The van der Waals surface area contributed by atoms with Gasteiger partial charge in [0.2, 0.25) is 17.7 Å². The van der Waals surface area contributed by atoms with Crippen LogP contribution in [0.5, 0.6) is 0 Å². The van der Waals surface area contributed by atoms with Gasteiger partial charge in [0.15, 0.2) is 0 Å². The van der Waals surface area contributed by atoms with Crippen LogP contribution in [0.1, 0.15) is 17.0 Å². The molecule has 2 aliphatic carbocycles. The van der Waals surface area contributed by atoms with Gasteiger partial charge in [0.25, 0.3) is 0 Å². The molecule has 1 aliphatic heterocycles. The van der Waals surface area contributed by atoms with Gasteiger partial charge in [-0.1, -0.05) is 12.2 Å². The van der Waals surface area contributed by atoms with E-state index in [1.165, 1.54) is 11.3 Å². The molecule has 2 heterocycles. The molecule has 1 saturated carbocycles. The average Bonchev–Trinajstić information content (AvgIpc) is 3.27. The molecule has 1 N–H and O–H groups in total. The number of carbonyl (C=O) groups excluding carboxylic acids is 3. The Morgan fingerprint density at radius 3 is 2.52 bits per heavy atom. The molecule has 1 saturated heterocycles. The predicted octanol–water partition coefficient (Wildman–Crippen LogP) is 0.875. The Hall–Kier alpha value is -2.02. The van der Waals surface area contributed by atoms with E-state index in [-0.39, 0.29) is 47.9 Å². The number of aryl methyl sites for hydroxylation is 1. The summed E-state index contributed by atoms with van der Waals surface area (Å²) >= 11 is 1.48. The lowest BCUT2D eigenvalue weighted by atomic mass is 9.85. The fourth-order valence-electron chi connectivity index (χ4n) is 3.99. The largest absolute Gasteiger partial charge is 0.350 e. The second-order valence-corrected chi connectivity index (χ2v) is 7.34. The number of imide groups is 1. The van der Waals surface area contributed by atoms with Crippen LogP contribution < -0.4 is 5.32 Å². The van der Waals surface area contributed by atoms with E-state index >= 15 is 0 Å². The first-order valence-corrected chi connectivity index (χ1v) is 8.63. The van der Waals surface area contributed by atoms with Gasteiger partial charge in [-0.25, -0.2) is 4.98 Å². The number of amides is 3. The molecule has 4 rings (SSSR count). The van der Waals surface area contributed by atoms with Gasteiger partial charge < -0.3 is 5.32 Å². The summed E-state index contributed by atoms with van der Waals surface area (Å²) in [5.41, 5.74) is 2.62. The van der Waals surface area contributed by atoms with Crippen LogP contribution in [0.15, 0.2) is 17.7 Å². The van der Waals surface area contributed by atoms with Crippen molar-refractivity contribution in [1.29, 1.82) is 0 Å². The van der Waals surface area contributed by atoms with Crippen molar-refractivity contribution in [2.24, 2.45) is 23.7 Å². The third-order valence-electron chi connectivity index (χ3n) is 5.15. The van der Waals surface area contributed by atoms with Crippen LogP contribution >= 0.6 is 11.3 Å². The lowest BCUT2D eigenvalue weighted by molar-refractivity contribution is -0.144. The van der Waals surface area contributed by atoms with Crippen LogP contribution in [0.2, 0.25) is 0 Å². The predicted molar refractivity (Wildman–Crippen MR) is 83.1 cm³/mol. The Bertz CT molecular complexity index is 696. The van der Waals surface area contributed by atoms with Crippen molar-refractivity contribution < 1.29 is 14.4 Å². The van der Waals surface area contributed by atoms with Gasteiger partial charge in [0, 0.05) is 4.88 Å². The number of nitrogens with one attached hydrogen (secondary N) is 1. The van der Waals surface area contributed by atoms with Crippen LogP contribution in [0, 0.1) is 30.6 Å². The van der Waals surface area contributed by atoms with Gasteiger partial charge >= 0.3 is 0 Å². The number of aromatic nitrogens is 1. The minimum atomic E-state index is -0.306. The molecule has 2 bridgehead atoms. The monoisotopic (exact) mass is 331 g/mol. The van der Waals surface area contributed by atoms with Gasteiger partial charge in [-0.15, -0.1) is 11.3 Å². The molecule has 23 heavy (non-hydrogen) atoms. The van der Waals surface area contributed by atoms with Crippen molar-refractivity contribution in [1.82, 2.24) is 15.2 Å². The summed E-state index contributed by atoms with van der Waals surface area (Å²) in [4.78, 5) is 43.4. The number of hydrogen-bond acceptors (Lipinski definition) is 5. The number of fused-ring (bicyclic) bond motifs is 5. The Labute approximate surface area is 137 Å².